The fourth-order valence-electron chi connectivity index (χ4n) is 2.30. The Balaban J connectivity index is 2.69. The van der Waals surface area contributed by atoms with Crippen LogP contribution in [0.3, 0.4) is 0 Å². The molecule has 0 radical (unpaired) electrons. The van der Waals surface area contributed by atoms with Crippen molar-refractivity contribution < 1.29 is 9.84 Å². The molecule has 0 spiro atoms. The number of rotatable bonds is 1. The second-order valence-corrected chi connectivity index (χ2v) is 4.36. The van der Waals surface area contributed by atoms with Gasteiger partial charge in [-0.2, -0.15) is 0 Å². The summed E-state index contributed by atoms with van der Waals surface area (Å²) in [6.45, 7) is 1.93. The van der Waals surface area contributed by atoms with Crippen LogP contribution in [0.5, 0.6) is 11.5 Å². The molecular weight excluding hydrogens is 212 g/mol. The van der Waals surface area contributed by atoms with E-state index < -0.39 is 0 Å². The number of hydrogen-bond acceptors (Lipinski definition) is 2. The van der Waals surface area contributed by atoms with E-state index in [-0.39, 0.29) is 5.75 Å². The van der Waals surface area contributed by atoms with E-state index in [2.05, 4.69) is 0 Å². The summed E-state index contributed by atoms with van der Waals surface area (Å²) in [6, 6.07) is 0. The zero-order chi connectivity index (χ0) is 11.0. The van der Waals surface area contributed by atoms with Gasteiger partial charge in [0.2, 0.25) is 0 Å². The summed E-state index contributed by atoms with van der Waals surface area (Å²) in [4.78, 5) is 0. The van der Waals surface area contributed by atoms with Gasteiger partial charge < -0.3 is 9.84 Å². The molecule has 1 N–H and O–H groups in total. The van der Waals surface area contributed by atoms with E-state index >= 15 is 0 Å². The number of halogens is 1. The Morgan fingerprint density at radius 1 is 1.20 bits per heavy atom. The molecule has 3 heteroatoms. The molecular formula is C12H15ClO2. The monoisotopic (exact) mass is 226 g/mol. The molecule has 0 saturated heterocycles. The second-order valence-electron chi connectivity index (χ2n) is 3.99. The van der Waals surface area contributed by atoms with E-state index in [0.29, 0.717) is 10.8 Å². The summed E-state index contributed by atoms with van der Waals surface area (Å²) in [6.07, 6.45) is 4.35. The first-order valence-electron chi connectivity index (χ1n) is 5.23. The van der Waals surface area contributed by atoms with Crippen molar-refractivity contribution in [1.82, 2.24) is 0 Å². The SMILES string of the molecule is COc1c(O)c(C)c2c(c1Cl)CCCC2. The molecule has 0 unspecified atom stereocenters. The van der Waals surface area contributed by atoms with Gasteiger partial charge in [-0.05, 0) is 49.3 Å². The van der Waals surface area contributed by atoms with Crippen LogP contribution < -0.4 is 4.74 Å². The molecule has 82 valence electrons. The minimum Gasteiger partial charge on any atom is -0.504 e. The Morgan fingerprint density at radius 2 is 1.80 bits per heavy atom. The average Bonchev–Trinajstić information content (AvgIpc) is 2.27. The van der Waals surface area contributed by atoms with Gasteiger partial charge in [0.25, 0.3) is 0 Å². The summed E-state index contributed by atoms with van der Waals surface area (Å²) >= 11 is 6.22. The van der Waals surface area contributed by atoms with E-state index in [1.165, 1.54) is 25.5 Å². The van der Waals surface area contributed by atoms with Crippen LogP contribution in [0.2, 0.25) is 5.02 Å². The molecule has 2 nitrogen and oxygen atoms in total. The van der Waals surface area contributed by atoms with Gasteiger partial charge >= 0.3 is 0 Å². The van der Waals surface area contributed by atoms with Gasteiger partial charge in [0.05, 0.1) is 12.1 Å². The molecule has 0 saturated carbocycles. The fraction of sp³-hybridized carbons (Fsp3) is 0.500. The van der Waals surface area contributed by atoms with Gasteiger partial charge in [-0.15, -0.1) is 0 Å². The van der Waals surface area contributed by atoms with Crippen molar-refractivity contribution in [3.63, 3.8) is 0 Å². The van der Waals surface area contributed by atoms with Crippen LogP contribution in [0.4, 0.5) is 0 Å². The predicted molar refractivity (Wildman–Crippen MR) is 61.0 cm³/mol. The normalized spacial score (nSPS) is 14.9. The molecule has 0 aliphatic heterocycles. The molecule has 1 aromatic rings. The Hall–Kier alpha value is -0.890. The third kappa shape index (κ3) is 1.57. The molecule has 1 aliphatic rings. The Bertz CT molecular complexity index is 399. The van der Waals surface area contributed by atoms with Gasteiger partial charge in [0.15, 0.2) is 11.5 Å². The van der Waals surface area contributed by atoms with Crippen LogP contribution in [-0.4, -0.2) is 12.2 Å². The third-order valence-electron chi connectivity index (χ3n) is 3.16. The molecule has 0 fully saturated rings. The molecule has 0 amide bonds. The first kappa shape index (κ1) is 10.6. The molecule has 0 aromatic heterocycles. The van der Waals surface area contributed by atoms with Gasteiger partial charge in [-0.25, -0.2) is 0 Å². The lowest BCUT2D eigenvalue weighted by Gasteiger charge is -2.22. The van der Waals surface area contributed by atoms with Crippen LogP contribution in [0.1, 0.15) is 29.5 Å². The van der Waals surface area contributed by atoms with E-state index in [1.54, 1.807) is 0 Å². The minimum atomic E-state index is 0.197. The first-order chi connectivity index (χ1) is 7.16. The molecule has 1 aliphatic carbocycles. The maximum absolute atomic E-state index is 9.92. The van der Waals surface area contributed by atoms with Crippen molar-refractivity contribution in [3.05, 3.63) is 21.7 Å². The fourth-order valence-corrected chi connectivity index (χ4v) is 2.68. The summed E-state index contributed by atoms with van der Waals surface area (Å²) in [5.74, 6) is 0.623. The van der Waals surface area contributed by atoms with Crippen molar-refractivity contribution in [2.75, 3.05) is 7.11 Å². The largest absolute Gasteiger partial charge is 0.504 e. The number of fused-ring (bicyclic) bond motifs is 1. The molecule has 0 heterocycles. The van der Waals surface area contributed by atoms with E-state index in [0.717, 1.165) is 24.0 Å². The van der Waals surface area contributed by atoms with Crippen molar-refractivity contribution in [1.29, 1.82) is 0 Å². The third-order valence-corrected chi connectivity index (χ3v) is 3.56. The van der Waals surface area contributed by atoms with Crippen LogP contribution in [0.25, 0.3) is 0 Å². The van der Waals surface area contributed by atoms with Crippen molar-refractivity contribution in [3.8, 4) is 11.5 Å². The number of ether oxygens (including phenoxy) is 1. The van der Waals surface area contributed by atoms with Gasteiger partial charge in [-0.3, -0.25) is 0 Å². The molecule has 2 rings (SSSR count). The highest BCUT2D eigenvalue weighted by atomic mass is 35.5. The summed E-state index contributed by atoms with van der Waals surface area (Å²) in [7, 11) is 1.54. The lowest BCUT2D eigenvalue weighted by atomic mass is 9.88. The standard InChI is InChI=1S/C12H15ClO2/c1-7-8-5-3-4-6-9(8)10(13)12(15-2)11(7)14/h14H,3-6H2,1-2H3. The number of phenolic OH excluding ortho intramolecular Hbond substituents is 1. The molecule has 1 aromatic carbocycles. The van der Waals surface area contributed by atoms with Gasteiger partial charge in [0.1, 0.15) is 0 Å². The van der Waals surface area contributed by atoms with Crippen LogP contribution in [0, 0.1) is 6.92 Å². The quantitative estimate of drug-likeness (QED) is 0.797. The molecule has 15 heavy (non-hydrogen) atoms. The number of methoxy groups -OCH3 is 1. The number of hydrogen-bond donors (Lipinski definition) is 1. The number of phenols is 1. The summed E-state index contributed by atoms with van der Waals surface area (Å²) in [5.41, 5.74) is 3.30. The predicted octanol–water partition coefficient (Wildman–Crippen LogP) is 3.24. The number of benzene rings is 1. The van der Waals surface area contributed by atoms with Gasteiger partial charge in [-0.1, -0.05) is 11.6 Å². The lowest BCUT2D eigenvalue weighted by Crippen LogP contribution is -2.07. The van der Waals surface area contributed by atoms with Crippen LogP contribution >= 0.6 is 11.6 Å². The maximum Gasteiger partial charge on any atom is 0.179 e. The lowest BCUT2D eigenvalue weighted by molar-refractivity contribution is 0.370. The van der Waals surface area contributed by atoms with E-state index in [1.807, 2.05) is 6.92 Å². The number of aromatic hydroxyl groups is 1. The van der Waals surface area contributed by atoms with E-state index in [9.17, 15) is 5.11 Å². The highest BCUT2D eigenvalue weighted by molar-refractivity contribution is 6.33. The smallest absolute Gasteiger partial charge is 0.179 e. The minimum absolute atomic E-state index is 0.197. The van der Waals surface area contributed by atoms with Crippen molar-refractivity contribution >= 4 is 11.6 Å². The Labute approximate surface area is 94.8 Å². The van der Waals surface area contributed by atoms with Crippen LogP contribution in [0.15, 0.2) is 0 Å². The summed E-state index contributed by atoms with van der Waals surface area (Å²) in [5, 5.41) is 10.5. The first-order valence-corrected chi connectivity index (χ1v) is 5.61. The van der Waals surface area contributed by atoms with Crippen molar-refractivity contribution in [2.24, 2.45) is 0 Å². The summed E-state index contributed by atoms with van der Waals surface area (Å²) < 4.78 is 5.14. The van der Waals surface area contributed by atoms with Crippen molar-refractivity contribution in [2.45, 2.75) is 32.6 Å². The second kappa shape index (κ2) is 3.93. The Morgan fingerprint density at radius 3 is 2.40 bits per heavy atom. The highest BCUT2D eigenvalue weighted by Crippen LogP contribution is 2.44. The van der Waals surface area contributed by atoms with Crippen LogP contribution in [-0.2, 0) is 12.8 Å². The highest BCUT2D eigenvalue weighted by Gasteiger charge is 2.22. The van der Waals surface area contributed by atoms with E-state index in [4.69, 9.17) is 16.3 Å². The topological polar surface area (TPSA) is 29.5 Å². The average molecular weight is 227 g/mol. The molecule has 0 atom stereocenters. The van der Waals surface area contributed by atoms with Gasteiger partial charge in [0, 0.05) is 0 Å². The zero-order valence-electron chi connectivity index (χ0n) is 9.06. The maximum atomic E-state index is 9.92. The molecule has 0 bridgehead atoms. The Kier molecular flexibility index (Phi) is 2.79. The zero-order valence-corrected chi connectivity index (χ0v) is 9.82.